The Balaban J connectivity index is 2.45. The summed E-state index contributed by atoms with van der Waals surface area (Å²) in [6.45, 7) is 4.92. The van der Waals surface area contributed by atoms with Crippen LogP contribution in [0, 0.1) is 0 Å². The van der Waals surface area contributed by atoms with E-state index in [-0.39, 0.29) is 6.04 Å². The maximum absolute atomic E-state index is 6.26. The van der Waals surface area contributed by atoms with Crippen molar-refractivity contribution in [3.8, 4) is 5.75 Å². The van der Waals surface area contributed by atoms with E-state index in [2.05, 4.69) is 28.9 Å². The van der Waals surface area contributed by atoms with Crippen LogP contribution in [0.3, 0.4) is 0 Å². The minimum absolute atomic E-state index is 0.117. The molecule has 1 atom stereocenters. The molecule has 2 nitrogen and oxygen atoms in total. The number of unbranched alkanes of at least 4 members (excludes halogenated alkanes) is 4. The van der Waals surface area contributed by atoms with Crippen molar-refractivity contribution >= 4 is 15.9 Å². The number of nitrogens with two attached hydrogens (primary N) is 1. The molecule has 108 valence electrons. The van der Waals surface area contributed by atoms with E-state index in [1.54, 1.807) is 0 Å². The lowest BCUT2D eigenvalue weighted by atomic mass is 10.0. The zero-order chi connectivity index (χ0) is 14.1. The molecule has 1 aromatic rings. The molecule has 2 N–H and O–H groups in total. The molecule has 0 heterocycles. The molecule has 1 rings (SSSR count). The first-order valence-corrected chi connectivity index (χ1v) is 8.16. The van der Waals surface area contributed by atoms with E-state index >= 15 is 0 Å². The van der Waals surface area contributed by atoms with E-state index in [0.717, 1.165) is 16.6 Å². The molecular formula is C16H26BrNO. The second-order valence-corrected chi connectivity index (χ2v) is 5.78. The predicted molar refractivity (Wildman–Crippen MR) is 85.6 cm³/mol. The molecule has 1 unspecified atom stereocenters. The summed E-state index contributed by atoms with van der Waals surface area (Å²) < 4.78 is 6.53. The van der Waals surface area contributed by atoms with Gasteiger partial charge in [0.05, 0.1) is 6.61 Å². The van der Waals surface area contributed by atoms with Crippen LogP contribution in [0.15, 0.2) is 22.7 Å². The fourth-order valence-corrected chi connectivity index (χ4v) is 2.84. The molecule has 0 fully saturated rings. The minimum atomic E-state index is 0.117. The van der Waals surface area contributed by atoms with Crippen LogP contribution in [0.25, 0.3) is 0 Å². The van der Waals surface area contributed by atoms with E-state index in [4.69, 9.17) is 10.5 Å². The third-order valence-corrected chi connectivity index (χ3v) is 3.99. The van der Waals surface area contributed by atoms with Gasteiger partial charge in [0.2, 0.25) is 0 Å². The number of rotatable bonds is 9. The summed E-state index contributed by atoms with van der Waals surface area (Å²) in [6, 6.07) is 6.20. The van der Waals surface area contributed by atoms with Gasteiger partial charge >= 0.3 is 0 Å². The minimum Gasteiger partial charge on any atom is -0.494 e. The predicted octanol–water partition coefficient (Wildman–Crippen LogP) is 5.21. The highest BCUT2D eigenvalue weighted by Crippen LogP contribution is 2.29. The Hall–Kier alpha value is -0.540. The molecule has 0 bridgehead atoms. The fourth-order valence-electron chi connectivity index (χ4n) is 2.19. The highest BCUT2D eigenvalue weighted by molar-refractivity contribution is 9.10. The van der Waals surface area contributed by atoms with Crippen LogP contribution in [0.1, 0.15) is 64.0 Å². The van der Waals surface area contributed by atoms with Crippen LogP contribution in [-0.2, 0) is 0 Å². The summed E-state index contributed by atoms with van der Waals surface area (Å²) in [5.74, 6) is 0.897. The molecule has 3 heteroatoms. The molecule has 0 aliphatic carbocycles. The summed E-state index contributed by atoms with van der Waals surface area (Å²) >= 11 is 3.59. The molecule has 1 aromatic carbocycles. The highest BCUT2D eigenvalue weighted by Gasteiger charge is 2.10. The van der Waals surface area contributed by atoms with Gasteiger partial charge in [0.1, 0.15) is 5.75 Å². The third kappa shape index (κ3) is 5.96. The van der Waals surface area contributed by atoms with Crippen LogP contribution in [-0.4, -0.2) is 6.61 Å². The van der Waals surface area contributed by atoms with E-state index in [1.807, 2.05) is 19.1 Å². The maximum Gasteiger partial charge on any atom is 0.120 e. The first-order valence-electron chi connectivity index (χ1n) is 7.36. The van der Waals surface area contributed by atoms with Gasteiger partial charge in [-0.2, -0.15) is 0 Å². The Labute approximate surface area is 125 Å². The Kier molecular flexibility index (Phi) is 8.15. The van der Waals surface area contributed by atoms with Crippen LogP contribution in [0.5, 0.6) is 5.75 Å². The van der Waals surface area contributed by atoms with E-state index < -0.39 is 0 Å². The smallest absolute Gasteiger partial charge is 0.120 e. The SMILES string of the molecule is CCCCCCCC(N)c1ccc(OCC)cc1Br. The summed E-state index contributed by atoms with van der Waals surface area (Å²) in [4.78, 5) is 0. The molecule has 0 aromatic heterocycles. The zero-order valence-corrected chi connectivity index (χ0v) is 13.7. The van der Waals surface area contributed by atoms with E-state index in [1.165, 1.54) is 37.7 Å². The van der Waals surface area contributed by atoms with Gasteiger partial charge in [-0.25, -0.2) is 0 Å². The van der Waals surface area contributed by atoms with Gasteiger partial charge in [0.15, 0.2) is 0 Å². The van der Waals surface area contributed by atoms with Gasteiger partial charge < -0.3 is 10.5 Å². The Morgan fingerprint density at radius 1 is 1.16 bits per heavy atom. The summed E-state index contributed by atoms with van der Waals surface area (Å²) in [5.41, 5.74) is 7.44. The quantitative estimate of drug-likeness (QED) is 0.632. The van der Waals surface area contributed by atoms with Crippen LogP contribution < -0.4 is 10.5 Å². The van der Waals surface area contributed by atoms with Crippen LogP contribution >= 0.6 is 15.9 Å². The van der Waals surface area contributed by atoms with Gasteiger partial charge in [0.25, 0.3) is 0 Å². The maximum atomic E-state index is 6.26. The van der Waals surface area contributed by atoms with Crippen molar-refractivity contribution in [1.82, 2.24) is 0 Å². The van der Waals surface area contributed by atoms with Crippen molar-refractivity contribution in [3.63, 3.8) is 0 Å². The number of ether oxygens (including phenoxy) is 1. The summed E-state index contributed by atoms with van der Waals surface area (Å²) in [7, 11) is 0. The van der Waals surface area contributed by atoms with Crippen molar-refractivity contribution in [3.05, 3.63) is 28.2 Å². The molecule has 0 aliphatic rings. The van der Waals surface area contributed by atoms with Gasteiger partial charge in [0, 0.05) is 10.5 Å². The van der Waals surface area contributed by atoms with Crippen molar-refractivity contribution in [2.24, 2.45) is 5.73 Å². The van der Waals surface area contributed by atoms with Crippen LogP contribution in [0.2, 0.25) is 0 Å². The lowest BCUT2D eigenvalue weighted by Gasteiger charge is -2.15. The molecule has 0 aliphatic heterocycles. The van der Waals surface area contributed by atoms with E-state index in [9.17, 15) is 0 Å². The van der Waals surface area contributed by atoms with Crippen molar-refractivity contribution in [1.29, 1.82) is 0 Å². The average molecular weight is 328 g/mol. The monoisotopic (exact) mass is 327 g/mol. The van der Waals surface area contributed by atoms with E-state index in [0.29, 0.717) is 6.61 Å². The second-order valence-electron chi connectivity index (χ2n) is 4.93. The fraction of sp³-hybridized carbons (Fsp3) is 0.625. The summed E-state index contributed by atoms with van der Waals surface area (Å²) in [6.07, 6.45) is 7.50. The Morgan fingerprint density at radius 2 is 1.89 bits per heavy atom. The Bertz CT molecular complexity index is 368. The number of benzene rings is 1. The molecule has 19 heavy (non-hydrogen) atoms. The van der Waals surface area contributed by atoms with Gasteiger partial charge in [-0.1, -0.05) is 61.0 Å². The third-order valence-electron chi connectivity index (χ3n) is 3.30. The molecule has 0 radical (unpaired) electrons. The first kappa shape index (κ1) is 16.5. The first-order chi connectivity index (χ1) is 9.19. The normalized spacial score (nSPS) is 12.4. The highest BCUT2D eigenvalue weighted by atomic mass is 79.9. The van der Waals surface area contributed by atoms with Gasteiger partial charge in [-0.3, -0.25) is 0 Å². The van der Waals surface area contributed by atoms with Crippen molar-refractivity contribution < 1.29 is 4.74 Å². The number of hydrogen-bond acceptors (Lipinski definition) is 2. The Morgan fingerprint density at radius 3 is 2.53 bits per heavy atom. The van der Waals surface area contributed by atoms with Crippen LogP contribution in [0.4, 0.5) is 0 Å². The average Bonchev–Trinajstić information content (AvgIpc) is 2.39. The van der Waals surface area contributed by atoms with Gasteiger partial charge in [-0.15, -0.1) is 0 Å². The topological polar surface area (TPSA) is 35.2 Å². The standard InChI is InChI=1S/C16H26BrNO/c1-3-5-6-7-8-9-16(18)14-11-10-13(19-4-2)12-15(14)17/h10-12,16H,3-9,18H2,1-2H3. The molecule has 0 saturated carbocycles. The van der Waals surface area contributed by atoms with Crippen molar-refractivity contribution in [2.75, 3.05) is 6.61 Å². The summed E-state index contributed by atoms with van der Waals surface area (Å²) in [5, 5.41) is 0. The molecular weight excluding hydrogens is 302 g/mol. The number of hydrogen-bond donors (Lipinski definition) is 1. The molecule has 0 spiro atoms. The van der Waals surface area contributed by atoms with Crippen molar-refractivity contribution in [2.45, 2.75) is 58.4 Å². The second kappa shape index (κ2) is 9.38. The number of halogens is 1. The van der Waals surface area contributed by atoms with Gasteiger partial charge in [-0.05, 0) is 31.0 Å². The molecule has 0 amide bonds. The zero-order valence-electron chi connectivity index (χ0n) is 12.1. The largest absolute Gasteiger partial charge is 0.494 e. The molecule has 0 saturated heterocycles. The lowest BCUT2D eigenvalue weighted by Crippen LogP contribution is -2.11. The lowest BCUT2D eigenvalue weighted by molar-refractivity contribution is 0.340.